The number of aromatic nitrogens is 3. The first-order valence-electron chi connectivity index (χ1n) is 10.4. The molecule has 0 aliphatic heterocycles. The number of carbonyl (C=O) groups excluding carboxylic acids is 1. The summed E-state index contributed by atoms with van der Waals surface area (Å²) in [5, 5.41) is 11.2. The van der Waals surface area contributed by atoms with Crippen molar-refractivity contribution >= 4 is 35.0 Å². The van der Waals surface area contributed by atoms with E-state index in [1.807, 2.05) is 4.57 Å². The first-order valence-corrected chi connectivity index (χ1v) is 11.7. The number of nitrogens with zero attached hydrogens (tertiary/aromatic N) is 3. The molecule has 2 atom stereocenters. The van der Waals surface area contributed by atoms with Crippen molar-refractivity contribution in [1.29, 1.82) is 0 Å². The fourth-order valence-electron chi connectivity index (χ4n) is 3.04. The van der Waals surface area contributed by atoms with Gasteiger partial charge in [-0.1, -0.05) is 49.3 Å². The minimum absolute atomic E-state index is 0.0711. The fourth-order valence-corrected chi connectivity index (χ4v) is 4.08. The average Bonchev–Trinajstić information content (AvgIpc) is 3.14. The number of rotatable bonds is 9. The number of benzene rings is 2. The number of thioether (sulfide) groups is 1. The predicted octanol–water partition coefficient (Wildman–Crippen LogP) is 6.13. The van der Waals surface area contributed by atoms with Gasteiger partial charge in [0.15, 0.2) is 28.7 Å². The van der Waals surface area contributed by atoms with Crippen LogP contribution in [0.15, 0.2) is 47.6 Å². The van der Waals surface area contributed by atoms with E-state index in [1.165, 1.54) is 36.0 Å². The molecule has 0 radical (unpaired) electrons. The van der Waals surface area contributed by atoms with Crippen molar-refractivity contribution < 1.29 is 18.3 Å². The van der Waals surface area contributed by atoms with Crippen LogP contribution in [-0.4, -0.2) is 25.9 Å². The fraction of sp³-hybridized carbons (Fsp3) is 0.348. The number of amides is 1. The summed E-state index contributed by atoms with van der Waals surface area (Å²) in [5.41, 5.74) is 0.398. The van der Waals surface area contributed by atoms with Crippen LogP contribution in [0.2, 0.25) is 5.02 Å². The van der Waals surface area contributed by atoms with Crippen molar-refractivity contribution in [2.24, 2.45) is 5.92 Å². The van der Waals surface area contributed by atoms with Crippen molar-refractivity contribution in [2.45, 2.75) is 50.8 Å². The zero-order valence-electron chi connectivity index (χ0n) is 18.7. The highest BCUT2D eigenvalue weighted by atomic mass is 35.5. The lowest BCUT2D eigenvalue weighted by Crippen LogP contribution is -2.23. The molecule has 3 aromatic rings. The van der Waals surface area contributed by atoms with Crippen molar-refractivity contribution in [3.63, 3.8) is 0 Å². The van der Waals surface area contributed by atoms with Gasteiger partial charge in [0.05, 0.1) is 10.3 Å². The van der Waals surface area contributed by atoms with Gasteiger partial charge in [-0.2, -0.15) is 0 Å². The van der Waals surface area contributed by atoms with E-state index >= 15 is 0 Å². The topological polar surface area (TPSA) is 69.0 Å². The van der Waals surface area contributed by atoms with Crippen LogP contribution in [0.3, 0.4) is 0 Å². The van der Waals surface area contributed by atoms with Crippen molar-refractivity contribution in [3.05, 3.63) is 64.9 Å². The summed E-state index contributed by atoms with van der Waals surface area (Å²) in [6.45, 7) is 8.20. The first-order chi connectivity index (χ1) is 15.7. The van der Waals surface area contributed by atoms with Crippen LogP contribution in [0, 0.1) is 17.6 Å². The molecular weight excluding hydrogens is 470 g/mol. The van der Waals surface area contributed by atoms with Gasteiger partial charge in [-0.3, -0.25) is 4.79 Å². The van der Waals surface area contributed by atoms with Gasteiger partial charge in [0.1, 0.15) is 5.82 Å². The quantitative estimate of drug-likeness (QED) is 0.363. The third kappa shape index (κ3) is 6.45. The lowest BCUT2D eigenvalue weighted by molar-refractivity contribution is -0.115. The summed E-state index contributed by atoms with van der Waals surface area (Å²) in [6, 6.07) is 10.2. The molecule has 33 heavy (non-hydrogen) atoms. The second-order valence-electron chi connectivity index (χ2n) is 7.91. The lowest BCUT2D eigenvalue weighted by atomic mass is 10.2. The van der Waals surface area contributed by atoms with Crippen LogP contribution < -0.4 is 10.1 Å². The number of hydrogen-bond donors (Lipinski definition) is 1. The summed E-state index contributed by atoms with van der Waals surface area (Å²) < 4.78 is 35.1. The van der Waals surface area contributed by atoms with E-state index in [0.29, 0.717) is 23.2 Å². The summed E-state index contributed by atoms with van der Waals surface area (Å²) in [6.07, 6.45) is -0.562. The number of para-hydroxylation sites is 1. The molecule has 0 spiro atoms. The molecule has 2 aromatic carbocycles. The molecule has 0 bridgehead atoms. The van der Waals surface area contributed by atoms with E-state index < -0.39 is 23.0 Å². The van der Waals surface area contributed by atoms with E-state index in [9.17, 15) is 13.6 Å². The zero-order valence-corrected chi connectivity index (χ0v) is 20.3. The number of anilines is 1. The van der Waals surface area contributed by atoms with Crippen LogP contribution in [0.25, 0.3) is 0 Å². The molecule has 1 aromatic heterocycles. The second kappa shape index (κ2) is 11.0. The van der Waals surface area contributed by atoms with Crippen LogP contribution in [-0.2, 0) is 11.3 Å². The SMILES string of the molecule is CC(C)Cn1c(SC(C)C(=O)Nc2ccc(F)c(Cl)c2)nnc1C(C)Oc1ccccc1F. The van der Waals surface area contributed by atoms with Crippen molar-refractivity contribution in [3.8, 4) is 5.75 Å². The van der Waals surface area contributed by atoms with E-state index in [2.05, 4.69) is 29.4 Å². The maximum absolute atomic E-state index is 14.0. The molecule has 1 N–H and O–H groups in total. The summed E-state index contributed by atoms with van der Waals surface area (Å²) in [7, 11) is 0. The molecule has 2 unspecified atom stereocenters. The summed E-state index contributed by atoms with van der Waals surface area (Å²) in [5.74, 6) is -0.376. The average molecular weight is 495 g/mol. The molecule has 0 aliphatic rings. The minimum Gasteiger partial charge on any atom is -0.480 e. The highest BCUT2D eigenvalue weighted by Gasteiger charge is 2.24. The van der Waals surface area contributed by atoms with Crippen molar-refractivity contribution in [2.75, 3.05) is 5.32 Å². The highest BCUT2D eigenvalue weighted by Crippen LogP contribution is 2.29. The van der Waals surface area contributed by atoms with Gasteiger partial charge in [0.25, 0.3) is 0 Å². The Labute approximate surface area is 200 Å². The third-order valence-corrected chi connectivity index (χ3v) is 6.01. The van der Waals surface area contributed by atoms with Crippen LogP contribution >= 0.6 is 23.4 Å². The normalized spacial score (nSPS) is 13.1. The second-order valence-corrected chi connectivity index (χ2v) is 9.63. The molecule has 3 rings (SSSR count). The highest BCUT2D eigenvalue weighted by molar-refractivity contribution is 8.00. The number of ether oxygens (including phenoxy) is 1. The molecule has 176 valence electrons. The molecular formula is C23H25ClF2N4O2S. The van der Waals surface area contributed by atoms with E-state index in [-0.39, 0.29) is 22.6 Å². The summed E-state index contributed by atoms with van der Waals surface area (Å²) >= 11 is 7.02. The molecule has 1 heterocycles. The third-order valence-electron chi connectivity index (χ3n) is 4.64. The lowest BCUT2D eigenvalue weighted by Gasteiger charge is -2.19. The Morgan fingerprint density at radius 3 is 2.52 bits per heavy atom. The summed E-state index contributed by atoms with van der Waals surface area (Å²) in [4.78, 5) is 12.7. The molecule has 6 nitrogen and oxygen atoms in total. The van der Waals surface area contributed by atoms with E-state index in [4.69, 9.17) is 16.3 Å². The van der Waals surface area contributed by atoms with Crippen LogP contribution in [0.5, 0.6) is 5.75 Å². The van der Waals surface area contributed by atoms with Gasteiger partial charge >= 0.3 is 0 Å². The van der Waals surface area contributed by atoms with Gasteiger partial charge in [-0.15, -0.1) is 10.2 Å². The zero-order chi connectivity index (χ0) is 24.1. The minimum atomic E-state index is -0.562. The molecule has 10 heteroatoms. The van der Waals surface area contributed by atoms with Gasteiger partial charge in [-0.05, 0) is 50.1 Å². The first kappa shape index (κ1) is 25.0. The molecule has 0 aliphatic carbocycles. The van der Waals surface area contributed by atoms with Crippen LogP contribution in [0.1, 0.15) is 39.6 Å². The standard InChI is InChI=1S/C23H25ClF2N4O2S/c1-13(2)12-30-21(14(3)32-20-8-6-5-7-19(20)26)28-29-23(30)33-15(4)22(31)27-16-9-10-18(25)17(24)11-16/h5-11,13-15H,12H2,1-4H3,(H,27,31). The maximum Gasteiger partial charge on any atom is 0.237 e. The van der Waals surface area contributed by atoms with Crippen LogP contribution in [0.4, 0.5) is 14.5 Å². The van der Waals surface area contributed by atoms with Gasteiger partial charge in [0, 0.05) is 12.2 Å². The Morgan fingerprint density at radius 1 is 1.12 bits per heavy atom. The monoisotopic (exact) mass is 494 g/mol. The Kier molecular flexibility index (Phi) is 8.31. The Bertz CT molecular complexity index is 1130. The Hall–Kier alpha value is -2.65. The number of hydrogen-bond acceptors (Lipinski definition) is 5. The Morgan fingerprint density at radius 2 is 1.85 bits per heavy atom. The number of carbonyl (C=O) groups is 1. The van der Waals surface area contributed by atoms with Crippen molar-refractivity contribution in [1.82, 2.24) is 14.8 Å². The van der Waals surface area contributed by atoms with Gasteiger partial charge in [0.2, 0.25) is 5.91 Å². The molecule has 0 saturated carbocycles. The smallest absolute Gasteiger partial charge is 0.237 e. The maximum atomic E-state index is 14.0. The molecule has 0 saturated heterocycles. The molecule has 0 fully saturated rings. The molecule has 1 amide bonds. The Balaban J connectivity index is 1.76. The predicted molar refractivity (Wildman–Crippen MR) is 126 cm³/mol. The number of halogens is 3. The largest absolute Gasteiger partial charge is 0.480 e. The van der Waals surface area contributed by atoms with E-state index in [1.54, 1.807) is 32.0 Å². The van der Waals surface area contributed by atoms with Gasteiger partial charge < -0.3 is 14.6 Å². The number of nitrogens with one attached hydrogen (secondary N) is 1. The van der Waals surface area contributed by atoms with Gasteiger partial charge in [-0.25, -0.2) is 8.78 Å². The van der Waals surface area contributed by atoms with E-state index in [0.717, 1.165) is 0 Å².